The van der Waals surface area contributed by atoms with Crippen molar-refractivity contribution in [1.29, 1.82) is 0 Å². The van der Waals surface area contributed by atoms with Gasteiger partial charge in [0.1, 0.15) is 0 Å². The van der Waals surface area contributed by atoms with Crippen LogP contribution in [-0.2, 0) is 4.74 Å². The highest BCUT2D eigenvalue weighted by atomic mass is 16.5. The predicted molar refractivity (Wildman–Crippen MR) is 91.3 cm³/mol. The van der Waals surface area contributed by atoms with Gasteiger partial charge in [-0.2, -0.15) is 0 Å². The minimum Gasteiger partial charge on any atom is -0.383 e. The van der Waals surface area contributed by atoms with E-state index in [4.69, 9.17) is 4.74 Å². The van der Waals surface area contributed by atoms with E-state index < -0.39 is 0 Å². The van der Waals surface area contributed by atoms with Crippen LogP contribution in [0.5, 0.6) is 0 Å². The largest absolute Gasteiger partial charge is 0.383 e. The number of amides is 2. The molecule has 0 aliphatic carbocycles. The highest BCUT2D eigenvalue weighted by Crippen LogP contribution is 2.15. The number of methoxy groups -OCH3 is 1. The van der Waals surface area contributed by atoms with Gasteiger partial charge in [-0.05, 0) is 18.6 Å². The number of hydrogen-bond acceptors (Lipinski definition) is 4. The van der Waals surface area contributed by atoms with Crippen LogP contribution in [0.4, 0.5) is 0 Å². The number of fused-ring (bicyclic) bond motifs is 1. The molecule has 2 amide bonds. The van der Waals surface area contributed by atoms with Crippen molar-refractivity contribution in [2.75, 3.05) is 33.9 Å². The summed E-state index contributed by atoms with van der Waals surface area (Å²) < 4.78 is 6.59. The standard InChI is InChI=1S/C17H24N4O3/c1-4-5-10-20(2)17(23)15-19-14(16(22)18-9-12-24-3)13-8-6-7-11-21(13)15/h6-8,11H,4-5,9-10,12H2,1-3H3,(H,18,22). The number of aromatic nitrogens is 2. The molecular weight excluding hydrogens is 308 g/mol. The first-order valence-electron chi connectivity index (χ1n) is 8.09. The van der Waals surface area contributed by atoms with Crippen LogP contribution in [0.15, 0.2) is 24.4 Å². The molecule has 0 saturated carbocycles. The van der Waals surface area contributed by atoms with Crippen LogP contribution in [0.25, 0.3) is 5.52 Å². The summed E-state index contributed by atoms with van der Waals surface area (Å²) in [4.78, 5) is 30.9. The van der Waals surface area contributed by atoms with Gasteiger partial charge in [-0.15, -0.1) is 0 Å². The van der Waals surface area contributed by atoms with Gasteiger partial charge >= 0.3 is 0 Å². The van der Waals surface area contributed by atoms with Crippen molar-refractivity contribution < 1.29 is 14.3 Å². The Balaban J connectivity index is 2.31. The number of imidazole rings is 1. The third-order valence-corrected chi connectivity index (χ3v) is 3.74. The molecule has 1 N–H and O–H groups in total. The molecule has 7 heteroatoms. The SMILES string of the molecule is CCCCN(C)C(=O)c1nc(C(=O)NCCOC)c2ccccn12. The van der Waals surface area contributed by atoms with Crippen LogP contribution >= 0.6 is 0 Å². The number of carbonyl (C=O) groups excluding carboxylic acids is 2. The van der Waals surface area contributed by atoms with E-state index in [1.165, 1.54) is 0 Å². The third kappa shape index (κ3) is 3.91. The van der Waals surface area contributed by atoms with Gasteiger partial charge in [0.15, 0.2) is 5.69 Å². The lowest BCUT2D eigenvalue weighted by Crippen LogP contribution is -2.30. The summed E-state index contributed by atoms with van der Waals surface area (Å²) in [6, 6.07) is 5.41. The number of hydrogen-bond donors (Lipinski definition) is 1. The minimum absolute atomic E-state index is 0.194. The van der Waals surface area contributed by atoms with E-state index in [1.54, 1.807) is 35.7 Å². The average molecular weight is 332 g/mol. The maximum absolute atomic E-state index is 12.7. The fraction of sp³-hybridized carbons (Fsp3) is 0.471. The van der Waals surface area contributed by atoms with E-state index in [9.17, 15) is 9.59 Å². The molecule has 0 saturated heterocycles. The van der Waals surface area contributed by atoms with E-state index >= 15 is 0 Å². The van der Waals surface area contributed by atoms with Crippen LogP contribution in [0.2, 0.25) is 0 Å². The molecule has 0 radical (unpaired) electrons. The van der Waals surface area contributed by atoms with Crippen molar-refractivity contribution in [2.24, 2.45) is 0 Å². The molecule has 0 fully saturated rings. The molecule has 0 aliphatic rings. The Labute approximate surface area is 141 Å². The van der Waals surface area contributed by atoms with E-state index in [1.807, 2.05) is 12.1 Å². The zero-order valence-corrected chi connectivity index (χ0v) is 14.4. The fourth-order valence-electron chi connectivity index (χ4n) is 2.37. The second-order valence-corrected chi connectivity index (χ2v) is 5.57. The van der Waals surface area contributed by atoms with Crippen molar-refractivity contribution in [3.8, 4) is 0 Å². The normalized spacial score (nSPS) is 10.8. The van der Waals surface area contributed by atoms with Gasteiger partial charge in [0.05, 0.1) is 12.1 Å². The Hall–Kier alpha value is -2.41. The molecule has 2 rings (SSSR count). The molecule has 0 atom stereocenters. The summed E-state index contributed by atoms with van der Waals surface area (Å²) >= 11 is 0. The number of ether oxygens (including phenoxy) is 1. The average Bonchev–Trinajstić information content (AvgIpc) is 2.99. The molecule has 0 spiro atoms. The van der Waals surface area contributed by atoms with Crippen molar-refractivity contribution in [2.45, 2.75) is 19.8 Å². The first kappa shape index (κ1) is 17.9. The topological polar surface area (TPSA) is 75.9 Å². The molecular formula is C17H24N4O3. The molecule has 0 bridgehead atoms. The van der Waals surface area contributed by atoms with Crippen LogP contribution in [0.1, 0.15) is 40.9 Å². The van der Waals surface area contributed by atoms with E-state index in [2.05, 4.69) is 17.2 Å². The lowest BCUT2D eigenvalue weighted by Gasteiger charge is -2.15. The Kier molecular flexibility index (Phi) is 6.31. The molecule has 0 aliphatic heterocycles. The molecule has 130 valence electrons. The second kappa shape index (κ2) is 8.44. The predicted octanol–water partition coefficient (Wildman–Crippen LogP) is 1.58. The summed E-state index contributed by atoms with van der Waals surface area (Å²) in [7, 11) is 3.32. The van der Waals surface area contributed by atoms with Gasteiger partial charge in [0.2, 0.25) is 5.82 Å². The van der Waals surface area contributed by atoms with Gasteiger partial charge in [-0.25, -0.2) is 4.98 Å². The van der Waals surface area contributed by atoms with Crippen molar-refractivity contribution in [1.82, 2.24) is 19.6 Å². The summed E-state index contributed by atoms with van der Waals surface area (Å²) in [5.41, 5.74) is 0.860. The molecule has 2 heterocycles. The lowest BCUT2D eigenvalue weighted by molar-refractivity contribution is 0.0780. The van der Waals surface area contributed by atoms with Crippen LogP contribution in [0, 0.1) is 0 Å². The Morgan fingerprint density at radius 3 is 2.88 bits per heavy atom. The first-order valence-corrected chi connectivity index (χ1v) is 8.09. The number of nitrogens with one attached hydrogen (secondary N) is 1. The van der Waals surface area contributed by atoms with Gasteiger partial charge < -0.3 is 15.0 Å². The van der Waals surface area contributed by atoms with Crippen LogP contribution in [0.3, 0.4) is 0 Å². The van der Waals surface area contributed by atoms with E-state index in [0.29, 0.717) is 25.2 Å². The number of unbranched alkanes of at least 4 members (excludes halogenated alkanes) is 1. The van der Waals surface area contributed by atoms with Crippen LogP contribution < -0.4 is 5.32 Å². The zero-order chi connectivity index (χ0) is 17.5. The smallest absolute Gasteiger partial charge is 0.289 e. The number of pyridine rings is 1. The number of rotatable bonds is 8. The fourth-order valence-corrected chi connectivity index (χ4v) is 2.37. The second-order valence-electron chi connectivity index (χ2n) is 5.57. The summed E-state index contributed by atoms with van der Waals surface area (Å²) in [5.74, 6) is -0.257. The molecule has 0 aromatic carbocycles. The highest BCUT2D eigenvalue weighted by molar-refractivity contribution is 6.02. The lowest BCUT2D eigenvalue weighted by atomic mass is 10.3. The van der Waals surface area contributed by atoms with Crippen LogP contribution in [-0.4, -0.2) is 60.0 Å². The Morgan fingerprint density at radius 2 is 2.17 bits per heavy atom. The highest BCUT2D eigenvalue weighted by Gasteiger charge is 2.23. The van der Waals surface area contributed by atoms with E-state index in [0.717, 1.165) is 12.8 Å². The summed E-state index contributed by atoms with van der Waals surface area (Å²) in [6.07, 6.45) is 3.68. The monoisotopic (exact) mass is 332 g/mol. The van der Waals surface area contributed by atoms with Gasteiger partial charge in [0.25, 0.3) is 11.8 Å². The quantitative estimate of drug-likeness (QED) is 0.745. The van der Waals surface area contributed by atoms with Gasteiger partial charge in [-0.1, -0.05) is 19.4 Å². The molecule has 2 aromatic heterocycles. The van der Waals surface area contributed by atoms with Crippen molar-refractivity contribution >= 4 is 17.3 Å². The Bertz CT molecular complexity index is 711. The van der Waals surface area contributed by atoms with Gasteiger partial charge in [-0.3, -0.25) is 14.0 Å². The van der Waals surface area contributed by atoms with Crippen molar-refractivity contribution in [3.05, 3.63) is 35.9 Å². The third-order valence-electron chi connectivity index (χ3n) is 3.74. The van der Waals surface area contributed by atoms with Gasteiger partial charge in [0, 0.05) is 33.4 Å². The molecule has 0 unspecified atom stereocenters. The minimum atomic E-state index is -0.314. The number of nitrogens with zero attached hydrogens (tertiary/aromatic N) is 3. The Morgan fingerprint density at radius 1 is 1.38 bits per heavy atom. The molecule has 2 aromatic rings. The maximum Gasteiger partial charge on any atom is 0.289 e. The first-order chi connectivity index (χ1) is 11.6. The zero-order valence-electron chi connectivity index (χ0n) is 14.4. The summed E-state index contributed by atoms with van der Waals surface area (Å²) in [5, 5.41) is 2.74. The molecule has 7 nitrogen and oxygen atoms in total. The molecule has 24 heavy (non-hydrogen) atoms. The maximum atomic E-state index is 12.7. The van der Waals surface area contributed by atoms with Crippen molar-refractivity contribution in [3.63, 3.8) is 0 Å². The summed E-state index contributed by atoms with van der Waals surface area (Å²) in [6.45, 7) is 3.54. The number of carbonyl (C=O) groups is 2. The van der Waals surface area contributed by atoms with E-state index in [-0.39, 0.29) is 23.3 Å².